The summed E-state index contributed by atoms with van der Waals surface area (Å²) in [4.78, 5) is 29.9. The molecule has 2 atom stereocenters. The zero-order chi connectivity index (χ0) is 24.6. The molecular formula is C31H26ClN2O3-. The Bertz CT molecular complexity index is 1460. The molecule has 37 heavy (non-hydrogen) atoms. The van der Waals surface area contributed by atoms with Crippen molar-refractivity contribution in [2.45, 2.75) is 31.7 Å². The van der Waals surface area contributed by atoms with E-state index in [0.29, 0.717) is 24.0 Å². The van der Waals surface area contributed by atoms with Crippen LogP contribution in [0.4, 0.5) is 11.4 Å². The van der Waals surface area contributed by atoms with Crippen molar-refractivity contribution in [3.8, 4) is 0 Å². The monoisotopic (exact) mass is 509 g/mol. The lowest BCUT2D eigenvalue weighted by molar-refractivity contribution is -0.116. The zero-order valence-corrected chi connectivity index (χ0v) is 21.1. The Balaban J connectivity index is 0.00000280. The van der Waals surface area contributed by atoms with Gasteiger partial charge in [0, 0.05) is 29.2 Å². The summed E-state index contributed by atoms with van der Waals surface area (Å²) in [5.74, 6) is 0.626. The van der Waals surface area contributed by atoms with Crippen molar-refractivity contribution in [1.82, 2.24) is 0 Å². The van der Waals surface area contributed by atoms with Crippen LogP contribution in [-0.2, 0) is 4.79 Å². The van der Waals surface area contributed by atoms with E-state index < -0.39 is 6.04 Å². The molecule has 186 valence electrons. The number of halogens is 1. The van der Waals surface area contributed by atoms with Gasteiger partial charge in [-0.15, -0.1) is 0 Å². The Morgan fingerprint density at radius 2 is 1.62 bits per heavy atom. The van der Waals surface area contributed by atoms with Gasteiger partial charge in [-0.1, -0.05) is 60.2 Å². The van der Waals surface area contributed by atoms with E-state index >= 15 is 0 Å². The number of nitrogens with zero attached hydrogens (tertiary/aromatic N) is 1. The van der Waals surface area contributed by atoms with Gasteiger partial charge in [-0.05, 0) is 55.3 Å². The highest BCUT2D eigenvalue weighted by atomic mass is 35.5. The molecule has 5 nitrogen and oxygen atoms in total. The van der Waals surface area contributed by atoms with Crippen molar-refractivity contribution < 1.29 is 26.4 Å². The lowest BCUT2D eigenvalue weighted by Crippen LogP contribution is -3.00. The summed E-state index contributed by atoms with van der Waals surface area (Å²) in [6, 6.07) is 28.4. The Morgan fingerprint density at radius 3 is 2.35 bits per heavy atom. The summed E-state index contributed by atoms with van der Waals surface area (Å²) in [6.45, 7) is 2.00. The molecule has 0 saturated heterocycles. The molecule has 1 amide bonds. The molecule has 1 N–H and O–H groups in total. The number of carbonyl (C=O) groups is 2. The van der Waals surface area contributed by atoms with Gasteiger partial charge in [0.1, 0.15) is 5.76 Å². The van der Waals surface area contributed by atoms with Gasteiger partial charge in [-0.3, -0.25) is 14.5 Å². The first kappa shape index (κ1) is 24.6. The van der Waals surface area contributed by atoms with Gasteiger partial charge in [-0.2, -0.15) is 0 Å². The quantitative estimate of drug-likeness (QED) is 0.456. The molecule has 1 aliphatic heterocycles. The maximum atomic E-state index is 14.2. The van der Waals surface area contributed by atoms with Crippen LogP contribution in [0.15, 0.2) is 113 Å². The number of rotatable bonds is 3. The van der Waals surface area contributed by atoms with Crippen LogP contribution in [0.25, 0.3) is 0 Å². The van der Waals surface area contributed by atoms with Crippen LogP contribution in [0.2, 0.25) is 0 Å². The second-order valence-electron chi connectivity index (χ2n) is 9.43. The van der Waals surface area contributed by atoms with E-state index in [9.17, 15) is 9.59 Å². The number of Topliss-reactive ketones (excluding diaryl/α,β-unsaturated/α-hetero) is 1. The Morgan fingerprint density at radius 1 is 0.892 bits per heavy atom. The second kappa shape index (κ2) is 10.1. The first-order valence-corrected chi connectivity index (χ1v) is 12.2. The minimum absolute atomic E-state index is 0. The molecule has 2 unspecified atom stereocenters. The molecule has 3 aromatic carbocycles. The van der Waals surface area contributed by atoms with Gasteiger partial charge in [0.15, 0.2) is 5.78 Å². The predicted octanol–water partition coefficient (Wildman–Crippen LogP) is 3.81. The Hall–Kier alpha value is -4.09. The number of hydrogen-bond acceptors (Lipinski definition) is 4. The number of aryl methyl sites for hydroxylation is 1. The van der Waals surface area contributed by atoms with Gasteiger partial charge >= 0.3 is 0 Å². The number of para-hydroxylation sites is 2. The molecular weight excluding hydrogens is 484 g/mol. The SMILES string of the molecule is Cc1ccc(C(=O)N2c3ccccc3NC3=C(C(=O)CC(c4ccco4)C3)C2c2ccccc2)cc1.[Cl-]. The van der Waals surface area contributed by atoms with E-state index in [4.69, 9.17) is 4.42 Å². The Kier molecular flexibility index (Phi) is 6.72. The van der Waals surface area contributed by atoms with Crippen LogP contribution < -0.4 is 22.6 Å². The number of carbonyl (C=O) groups excluding carboxylic acids is 2. The van der Waals surface area contributed by atoms with E-state index in [2.05, 4.69) is 5.32 Å². The smallest absolute Gasteiger partial charge is 0.259 e. The minimum Gasteiger partial charge on any atom is -1.00 e. The van der Waals surface area contributed by atoms with E-state index in [1.54, 1.807) is 11.2 Å². The summed E-state index contributed by atoms with van der Waals surface area (Å²) in [5.41, 5.74) is 5.59. The third-order valence-electron chi connectivity index (χ3n) is 7.07. The predicted molar refractivity (Wildman–Crippen MR) is 140 cm³/mol. The Labute approximate surface area is 222 Å². The number of fused-ring (bicyclic) bond motifs is 1. The summed E-state index contributed by atoms with van der Waals surface area (Å²) < 4.78 is 5.67. The number of hydrogen-bond donors (Lipinski definition) is 1. The highest BCUT2D eigenvalue weighted by Crippen LogP contribution is 2.47. The lowest BCUT2D eigenvalue weighted by Gasteiger charge is -2.35. The fourth-order valence-corrected chi connectivity index (χ4v) is 5.32. The molecule has 2 heterocycles. The van der Waals surface area contributed by atoms with Gasteiger partial charge in [0.05, 0.1) is 23.7 Å². The highest BCUT2D eigenvalue weighted by molar-refractivity contribution is 6.12. The molecule has 0 bridgehead atoms. The largest absolute Gasteiger partial charge is 1.00 e. The number of anilines is 2. The van der Waals surface area contributed by atoms with Crippen molar-refractivity contribution >= 4 is 23.1 Å². The average molecular weight is 510 g/mol. The third kappa shape index (κ3) is 4.47. The van der Waals surface area contributed by atoms with Gasteiger partial charge < -0.3 is 22.1 Å². The van der Waals surface area contributed by atoms with Gasteiger partial charge in [0.25, 0.3) is 5.91 Å². The number of ketones is 1. The number of allylic oxidation sites excluding steroid dienone is 1. The third-order valence-corrected chi connectivity index (χ3v) is 7.07. The van der Waals surface area contributed by atoms with Crippen molar-refractivity contribution in [1.29, 1.82) is 0 Å². The summed E-state index contributed by atoms with van der Waals surface area (Å²) in [6.07, 6.45) is 2.60. The summed E-state index contributed by atoms with van der Waals surface area (Å²) in [5, 5.41) is 3.55. The fourth-order valence-electron chi connectivity index (χ4n) is 5.32. The van der Waals surface area contributed by atoms with Gasteiger partial charge in [-0.25, -0.2) is 0 Å². The van der Waals surface area contributed by atoms with Crippen LogP contribution in [0.3, 0.4) is 0 Å². The van der Waals surface area contributed by atoms with Crippen LogP contribution in [0.1, 0.15) is 52.0 Å². The minimum atomic E-state index is -0.559. The van der Waals surface area contributed by atoms with Crippen LogP contribution in [-0.4, -0.2) is 11.7 Å². The summed E-state index contributed by atoms with van der Waals surface area (Å²) >= 11 is 0. The highest BCUT2D eigenvalue weighted by Gasteiger charge is 2.42. The van der Waals surface area contributed by atoms with Crippen molar-refractivity contribution in [2.75, 3.05) is 10.2 Å². The first-order valence-electron chi connectivity index (χ1n) is 12.2. The zero-order valence-electron chi connectivity index (χ0n) is 20.4. The number of furan rings is 1. The van der Waals surface area contributed by atoms with E-state index in [1.807, 2.05) is 97.9 Å². The molecule has 0 spiro atoms. The molecule has 0 saturated carbocycles. The molecule has 4 aromatic rings. The first-order chi connectivity index (χ1) is 17.6. The molecule has 6 rings (SSSR count). The van der Waals surface area contributed by atoms with E-state index in [1.165, 1.54) is 0 Å². The molecule has 1 aromatic heterocycles. The van der Waals surface area contributed by atoms with Crippen molar-refractivity contribution in [3.05, 3.63) is 131 Å². The molecule has 0 fully saturated rings. The van der Waals surface area contributed by atoms with Crippen LogP contribution in [0, 0.1) is 6.92 Å². The van der Waals surface area contributed by atoms with Crippen molar-refractivity contribution in [2.24, 2.45) is 0 Å². The maximum Gasteiger partial charge on any atom is 0.259 e. The van der Waals surface area contributed by atoms with Gasteiger partial charge in [0.2, 0.25) is 0 Å². The molecule has 1 aliphatic carbocycles. The average Bonchev–Trinajstić information content (AvgIpc) is 3.39. The maximum absolute atomic E-state index is 14.2. The molecule has 6 heteroatoms. The lowest BCUT2D eigenvalue weighted by atomic mass is 9.80. The van der Waals surface area contributed by atoms with Crippen LogP contribution >= 0.6 is 0 Å². The van der Waals surface area contributed by atoms with E-state index in [0.717, 1.165) is 34.0 Å². The molecule has 0 radical (unpaired) electrons. The second-order valence-corrected chi connectivity index (χ2v) is 9.43. The molecule has 2 aliphatic rings. The number of nitrogens with one attached hydrogen (secondary N) is 1. The van der Waals surface area contributed by atoms with Crippen molar-refractivity contribution in [3.63, 3.8) is 0 Å². The standard InChI is InChI=1S/C31H26N2O3.ClH/c1-20-13-15-22(16-14-20)31(35)33-26-11-6-5-10-24(26)32-25-18-23(28-12-7-17-36-28)19-27(34)29(25)30(33)21-8-3-2-4-9-21;/h2-17,23,30,32H,18-19H2,1H3;1H/p-1. The van der Waals surface area contributed by atoms with Crippen LogP contribution in [0.5, 0.6) is 0 Å². The number of benzene rings is 3. The van der Waals surface area contributed by atoms with E-state index in [-0.39, 0.29) is 30.0 Å². The topological polar surface area (TPSA) is 62.6 Å². The normalized spacial score (nSPS) is 18.7. The number of amides is 1. The fraction of sp³-hybridized carbons (Fsp3) is 0.161. The summed E-state index contributed by atoms with van der Waals surface area (Å²) in [7, 11) is 0.